The molecule has 0 spiro atoms. The lowest BCUT2D eigenvalue weighted by molar-refractivity contribution is -0.132. The number of nitrogens with zero attached hydrogens (tertiary/aromatic N) is 5. The zero-order chi connectivity index (χ0) is 18.8. The van der Waals surface area contributed by atoms with E-state index in [4.69, 9.17) is 5.73 Å². The molecule has 2 aromatic heterocycles. The molecule has 3 heterocycles. The van der Waals surface area contributed by atoms with Crippen molar-refractivity contribution in [3.8, 4) is 11.4 Å². The monoisotopic (exact) mass is 364 g/mol. The van der Waals surface area contributed by atoms with Gasteiger partial charge < -0.3 is 15.2 Å². The first-order valence-corrected chi connectivity index (χ1v) is 8.83. The normalized spacial score (nSPS) is 13.9. The Morgan fingerprint density at radius 3 is 2.59 bits per heavy atom. The van der Waals surface area contributed by atoms with Crippen LogP contribution in [0.5, 0.6) is 0 Å². The maximum atomic E-state index is 12.6. The van der Waals surface area contributed by atoms with Gasteiger partial charge in [-0.15, -0.1) is 0 Å². The standard InChI is InChI=1S/C19H20N6O2/c20-18(27)17-15-7-10-23(16(26)13-24-9-4-8-21-24)11-12-25(15)19(22-17)14-5-2-1-3-6-14/h1-6,8-9H,7,10-13H2,(H2,20,27). The molecule has 0 radical (unpaired) electrons. The lowest BCUT2D eigenvalue weighted by Crippen LogP contribution is -2.36. The van der Waals surface area contributed by atoms with Crippen LogP contribution < -0.4 is 5.73 Å². The average molecular weight is 364 g/mol. The van der Waals surface area contributed by atoms with Gasteiger partial charge in [0.15, 0.2) is 0 Å². The highest BCUT2D eigenvalue weighted by Crippen LogP contribution is 2.25. The molecule has 138 valence electrons. The number of rotatable bonds is 4. The van der Waals surface area contributed by atoms with Gasteiger partial charge in [-0.1, -0.05) is 30.3 Å². The van der Waals surface area contributed by atoms with Crippen LogP contribution in [0, 0.1) is 0 Å². The summed E-state index contributed by atoms with van der Waals surface area (Å²) in [5.74, 6) is 0.164. The maximum absolute atomic E-state index is 12.6. The third kappa shape index (κ3) is 3.33. The Hall–Kier alpha value is -3.42. The summed E-state index contributed by atoms with van der Waals surface area (Å²) in [4.78, 5) is 30.8. The Kier molecular flexibility index (Phi) is 4.45. The molecule has 1 aromatic carbocycles. The van der Waals surface area contributed by atoms with Crippen LogP contribution in [-0.4, -0.2) is 49.1 Å². The van der Waals surface area contributed by atoms with Crippen LogP contribution in [0.1, 0.15) is 16.2 Å². The van der Waals surface area contributed by atoms with E-state index in [1.807, 2.05) is 34.9 Å². The molecular weight excluding hydrogens is 344 g/mol. The molecule has 0 aliphatic carbocycles. The fraction of sp³-hybridized carbons (Fsp3) is 0.263. The minimum atomic E-state index is -0.544. The number of benzene rings is 1. The maximum Gasteiger partial charge on any atom is 0.269 e. The lowest BCUT2D eigenvalue weighted by Gasteiger charge is -2.20. The zero-order valence-corrected chi connectivity index (χ0v) is 14.8. The van der Waals surface area contributed by atoms with Crippen molar-refractivity contribution in [3.63, 3.8) is 0 Å². The quantitative estimate of drug-likeness (QED) is 0.744. The van der Waals surface area contributed by atoms with Gasteiger partial charge in [0.25, 0.3) is 5.91 Å². The SMILES string of the molecule is NC(=O)c1nc(-c2ccccc2)n2c1CCN(C(=O)Cn1cccn1)CC2. The Labute approximate surface area is 156 Å². The third-order valence-corrected chi connectivity index (χ3v) is 4.76. The highest BCUT2D eigenvalue weighted by molar-refractivity contribution is 5.93. The van der Waals surface area contributed by atoms with E-state index in [0.29, 0.717) is 31.9 Å². The van der Waals surface area contributed by atoms with Gasteiger partial charge in [0.1, 0.15) is 18.1 Å². The number of imidazole rings is 1. The highest BCUT2D eigenvalue weighted by atomic mass is 16.2. The van der Waals surface area contributed by atoms with E-state index in [-0.39, 0.29) is 18.1 Å². The Balaban J connectivity index is 1.61. The molecule has 0 saturated carbocycles. The minimum Gasteiger partial charge on any atom is -0.364 e. The van der Waals surface area contributed by atoms with Crippen molar-refractivity contribution in [1.82, 2.24) is 24.2 Å². The number of nitrogens with two attached hydrogens (primary N) is 1. The zero-order valence-electron chi connectivity index (χ0n) is 14.8. The van der Waals surface area contributed by atoms with Gasteiger partial charge in [0.05, 0.1) is 5.69 Å². The van der Waals surface area contributed by atoms with Crippen molar-refractivity contribution in [2.24, 2.45) is 5.73 Å². The van der Waals surface area contributed by atoms with E-state index in [1.165, 1.54) is 0 Å². The molecule has 0 unspecified atom stereocenters. The molecule has 0 atom stereocenters. The summed E-state index contributed by atoms with van der Waals surface area (Å²) in [5, 5.41) is 4.09. The number of aromatic nitrogens is 4. The minimum absolute atomic E-state index is 0.000650. The van der Waals surface area contributed by atoms with Crippen LogP contribution in [0.15, 0.2) is 48.8 Å². The highest BCUT2D eigenvalue weighted by Gasteiger charge is 2.26. The van der Waals surface area contributed by atoms with Crippen molar-refractivity contribution in [3.05, 3.63) is 60.2 Å². The molecule has 2 N–H and O–H groups in total. The predicted molar refractivity (Wildman–Crippen MR) is 98.7 cm³/mol. The summed E-state index contributed by atoms with van der Waals surface area (Å²) in [5.41, 5.74) is 7.55. The van der Waals surface area contributed by atoms with Crippen LogP contribution in [0.25, 0.3) is 11.4 Å². The predicted octanol–water partition coefficient (Wildman–Crippen LogP) is 0.930. The topological polar surface area (TPSA) is 99.0 Å². The number of primary amides is 1. The van der Waals surface area contributed by atoms with E-state index in [0.717, 1.165) is 11.3 Å². The van der Waals surface area contributed by atoms with Gasteiger partial charge in [-0.05, 0) is 6.07 Å². The van der Waals surface area contributed by atoms with E-state index in [9.17, 15) is 9.59 Å². The number of fused-ring (bicyclic) bond motifs is 1. The fourth-order valence-corrected chi connectivity index (χ4v) is 3.44. The van der Waals surface area contributed by atoms with Gasteiger partial charge in [0, 0.05) is 44.0 Å². The molecule has 27 heavy (non-hydrogen) atoms. The summed E-state index contributed by atoms with van der Waals surface area (Å²) in [6, 6.07) is 11.5. The average Bonchev–Trinajstić information content (AvgIpc) is 3.25. The Bertz CT molecular complexity index is 962. The first-order valence-electron chi connectivity index (χ1n) is 8.83. The van der Waals surface area contributed by atoms with Gasteiger partial charge in [0.2, 0.25) is 5.91 Å². The summed E-state index contributed by atoms with van der Waals surface area (Å²) >= 11 is 0. The number of hydrogen-bond acceptors (Lipinski definition) is 4. The number of carbonyl (C=O) groups excluding carboxylic acids is 2. The largest absolute Gasteiger partial charge is 0.364 e. The fourth-order valence-electron chi connectivity index (χ4n) is 3.44. The summed E-state index contributed by atoms with van der Waals surface area (Å²) in [7, 11) is 0. The second kappa shape index (κ2) is 7.06. The first kappa shape index (κ1) is 17.0. The molecule has 0 saturated heterocycles. The van der Waals surface area contributed by atoms with E-state index >= 15 is 0 Å². The molecule has 1 aliphatic rings. The van der Waals surface area contributed by atoms with E-state index in [1.54, 1.807) is 28.0 Å². The molecule has 1 aliphatic heterocycles. The molecule has 2 amide bonds. The van der Waals surface area contributed by atoms with Crippen molar-refractivity contribution >= 4 is 11.8 Å². The van der Waals surface area contributed by atoms with Gasteiger partial charge >= 0.3 is 0 Å². The van der Waals surface area contributed by atoms with Crippen molar-refractivity contribution in [2.75, 3.05) is 13.1 Å². The Morgan fingerprint density at radius 2 is 1.89 bits per heavy atom. The summed E-state index contributed by atoms with van der Waals surface area (Å²) in [6.45, 7) is 1.82. The molecular formula is C19H20N6O2. The van der Waals surface area contributed by atoms with Crippen LogP contribution >= 0.6 is 0 Å². The summed E-state index contributed by atoms with van der Waals surface area (Å²) < 4.78 is 3.62. The lowest BCUT2D eigenvalue weighted by atomic mass is 10.2. The van der Waals surface area contributed by atoms with Crippen molar-refractivity contribution < 1.29 is 9.59 Å². The van der Waals surface area contributed by atoms with Gasteiger partial charge in [-0.3, -0.25) is 14.3 Å². The Morgan fingerprint density at radius 1 is 1.07 bits per heavy atom. The number of amides is 2. The second-order valence-corrected chi connectivity index (χ2v) is 6.45. The molecule has 8 heteroatoms. The van der Waals surface area contributed by atoms with Crippen LogP contribution in [0.4, 0.5) is 0 Å². The van der Waals surface area contributed by atoms with Crippen molar-refractivity contribution in [1.29, 1.82) is 0 Å². The van der Waals surface area contributed by atoms with E-state index in [2.05, 4.69) is 10.1 Å². The molecule has 0 fully saturated rings. The van der Waals surface area contributed by atoms with Crippen LogP contribution in [-0.2, 0) is 24.3 Å². The third-order valence-electron chi connectivity index (χ3n) is 4.76. The smallest absolute Gasteiger partial charge is 0.269 e. The first-order chi connectivity index (χ1) is 13.1. The summed E-state index contributed by atoms with van der Waals surface area (Å²) in [6.07, 6.45) is 3.95. The second-order valence-electron chi connectivity index (χ2n) is 6.45. The van der Waals surface area contributed by atoms with E-state index < -0.39 is 5.91 Å². The number of hydrogen-bond donors (Lipinski definition) is 1. The van der Waals surface area contributed by atoms with Crippen LogP contribution in [0.3, 0.4) is 0 Å². The van der Waals surface area contributed by atoms with Gasteiger partial charge in [-0.2, -0.15) is 5.10 Å². The molecule has 8 nitrogen and oxygen atoms in total. The van der Waals surface area contributed by atoms with Gasteiger partial charge in [-0.25, -0.2) is 4.98 Å². The van der Waals surface area contributed by atoms with Crippen molar-refractivity contribution in [2.45, 2.75) is 19.5 Å². The van der Waals surface area contributed by atoms with Crippen LogP contribution in [0.2, 0.25) is 0 Å². The molecule has 3 aromatic rings. The number of carbonyl (C=O) groups is 2. The molecule has 0 bridgehead atoms. The molecule has 4 rings (SSSR count).